The number of halogens is 7. The molecular weight excluding hydrogens is 686 g/mol. The summed E-state index contributed by atoms with van der Waals surface area (Å²) in [6.07, 6.45) is 4.46. The van der Waals surface area contributed by atoms with Crippen LogP contribution in [0.1, 0.15) is 67.2 Å². The van der Waals surface area contributed by atoms with Gasteiger partial charge in [-0.2, -0.15) is 26.3 Å². The zero-order chi connectivity index (χ0) is 36.3. The molecule has 4 N–H and O–H groups in total. The van der Waals surface area contributed by atoms with Gasteiger partial charge in [-0.3, -0.25) is 0 Å². The number of rotatable bonds is 9. The lowest BCUT2D eigenvalue weighted by molar-refractivity contribution is -0.0337. The minimum absolute atomic E-state index is 0.103. The summed E-state index contributed by atoms with van der Waals surface area (Å²) in [5.41, 5.74) is -1.94. The van der Waals surface area contributed by atoms with Gasteiger partial charge < -0.3 is 26.0 Å². The average molecular weight is 735 g/mol. The van der Waals surface area contributed by atoms with Crippen LogP contribution in [-0.2, 0) is 4.74 Å². The molecule has 3 rings (SSSR count). The van der Waals surface area contributed by atoms with Gasteiger partial charge >= 0.3 is 17.1 Å². The predicted molar refractivity (Wildman–Crippen MR) is 186 cm³/mol. The molecule has 1 fully saturated rings. The Kier molecular flexibility index (Phi) is 21.4. The van der Waals surface area contributed by atoms with Gasteiger partial charge in [0, 0.05) is 52.7 Å². The molecule has 0 aliphatic carbocycles. The smallest absolute Gasteiger partial charge is 0.444 e. The van der Waals surface area contributed by atoms with Crippen LogP contribution in [-0.4, -0.2) is 65.7 Å². The van der Waals surface area contributed by atoms with E-state index >= 15 is 0 Å². The van der Waals surface area contributed by atoms with Gasteiger partial charge in [-0.1, -0.05) is 20.8 Å². The summed E-state index contributed by atoms with van der Waals surface area (Å²) in [4.78, 5) is 14.1. The number of carbonyl (C=O) groups excluding carboxylic acids is 1. The molecular formula is C32H49ClF6N4O2S2. The molecule has 47 heavy (non-hydrogen) atoms. The van der Waals surface area contributed by atoms with Crippen molar-refractivity contribution in [3.63, 3.8) is 0 Å². The van der Waals surface area contributed by atoms with Crippen LogP contribution in [0.15, 0.2) is 58.3 Å². The van der Waals surface area contributed by atoms with E-state index in [4.69, 9.17) is 10.5 Å². The first-order chi connectivity index (χ1) is 22.0. The van der Waals surface area contributed by atoms with E-state index in [0.29, 0.717) is 19.6 Å². The van der Waals surface area contributed by atoms with E-state index in [9.17, 15) is 31.1 Å². The molecule has 1 saturated heterocycles. The van der Waals surface area contributed by atoms with Gasteiger partial charge in [0.2, 0.25) is 0 Å². The second-order valence-corrected chi connectivity index (χ2v) is 13.1. The largest absolute Gasteiger partial charge is 0.446 e. The quantitative estimate of drug-likeness (QED) is 0.134. The van der Waals surface area contributed by atoms with E-state index in [2.05, 4.69) is 22.2 Å². The number of hydrogen-bond acceptors (Lipinski definition) is 7. The van der Waals surface area contributed by atoms with E-state index in [0.717, 1.165) is 37.1 Å². The van der Waals surface area contributed by atoms with E-state index in [-0.39, 0.29) is 51.5 Å². The van der Waals surface area contributed by atoms with Gasteiger partial charge in [-0.05, 0) is 125 Å². The monoisotopic (exact) mass is 734 g/mol. The van der Waals surface area contributed by atoms with Crippen LogP contribution < -0.4 is 16.4 Å². The summed E-state index contributed by atoms with van der Waals surface area (Å²) in [6.45, 7) is 13.3. The third-order valence-corrected chi connectivity index (χ3v) is 7.55. The van der Waals surface area contributed by atoms with Gasteiger partial charge in [-0.15, -0.1) is 11.6 Å². The summed E-state index contributed by atoms with van der Waals surface area (Å²) in [5, 5.41) is 6.56. The van der Waals surface area contributed by atoms with Crippen molar-refractivity contribution < 1.29 is 35.9 Å². The third-order valence-electron chi connectivity index (χ3n) is 6.07. The average Bonchev–Trinajstić information content (AvgIpc) is 2.99. The number of hydrogen-bond donors (Lipinski definition) is 3. The lowest BCUT2D eigenvalue weighted by Gasteiger charge is -2.34. The highest BCUT2D eigenvalue weighted by Gasteiger charge is 2.30. The number of thioether (sulfide) groups is 2. The zero-order valence-corrected chi connectivity index (χ0v) is 30.4. The highest BCUT2D eigenvalue weighted by atomic mass is 35.5. The molecule has 1 amide bonds. The number of nitrogens with one attached hydrogen (secondary N) is 2. The molecule has 2 aromatic carbocycles. The Morgan fingerprint density at radius 2 is 1.32 bits per heavy atom. The summed E-state index contributed by atoms with van der Waals surface area (Å²) in [6, 6.07) is 12.9. The molecule has 0 aromatic heterocycles. The normalized spacial score (nSPS) is 14.2. The molecule has 2 aromatic rings. The predicted octanol–water partition coefficient (Wildman–Crippen LogP) is 10.8. The maximum Gasteiger partial charge on any atom is 0.446 e. The van der Waals surface area contributed by atoms with Crippen molar-refractivity contribution in [2.75, 3.05) is 36.7 Å². The van der Waals surface area contributed by atoms with E-state index < -0.39 is 16.6 Å². The number of amides is 1. The fraction of sp³-hybridized carbons (Fsp3) is 0.594. The summed E-state index contributed by atoms with van der Waals surface area (Å²) >= 11 is 4.41. The molecule has 0 spiro atoms. The van der Waals surface area contributed by atoms with Crippen molar-refractivity contribution in [3.8, 4) is 0 Å². The summed E-state index contributed by atoms with van der Waals surface area (Å²) in [7, 11) is 0. The Labute approximate surface area is 289 Å². The minimum atomic E-state index is -4.27. The molecule has 1 aliphatic rings. The molecule has 1 unspecified atom stereocenters. The van der Waals surface area contributed by atoms with Crippen molar-refractivity contribution in [2.24, 2.45) is 5.73 Å². The van der Waals surface area contributed by atoms with Crippen LogP contribution in [0.3, 0.4) is 0 Å². The maximum absolute atomic E-state index is 12.3. The number of likely N-dealkylation sites (tertiary alicyclic amines) is 1. The van der Waals surface area contributed by atoms with E-state index in [1.807, 2.05) is 41.5 Å². The van der Waals surface area contributed by atoms with Crippen LogP contribution >= 0.6 is 35.1 Å². The Hall–Kier alpha value is -2.16. The summed E-state index contributed by atoms with van der Waals surface area (Å²) < 4.78 is 78.8. The van der Waals surface area contributed by atoms with Gasteiger partial charge in [0.05, 0.1) is 0 Å². The maximum atomic E-state index is 12.3. The first kappa shape index (κ1) is 44.8. The number of piperidine rings is 1. The Morgan fingerprint density at radius 1 is 0.894 bits per heavy atom. The fourth-order valence-electron chi connectivity index (χ4n) is 4.09. The van der Waals surface area contributed by atoms with Crippen molar-refractivity contribution in [1.29, 1.82) is 0 Å². The number of ether oxygens (including phenoxy) is 1. The van der Waals surface area contributed by atoms with Gasteiger partial charge in [-0.25, -0.2) is 4.79 Å². The molecule has 1 atom stereocenters. The first-order valence-electron chi connectivity index (χ1n) is 15.3. The van der Waals surface area contributed by atoms with Crippen LogP contribution in [0.5, 0.6) is 0 Å². The molecule has 0 bridgehead atoms. The molecule has 1 heterocycles. The van der Waals surface area contributed by atoms with E-state index in [1.54, 1.807) is 29.2 Å². The van der Waals surface area contributed by atoms with Crippen LogP contribution in [0.25, 0.3) is 0 Å². The van der Waals surface area contributed by atoms with Crippen molar-refractivity contribution in [3.05, 3.63) is 48.5 Å². The van der Waals surface area contributed by atoms with Crippen molar-refractivity contribution in [1.82, 2.24) is 4.90 Å². The standard InChI is InChI=1S/C17H23F3N2O2S.C12H17F3N2S.C2H6.CH3Cl/c1-16(2,3)24-15(23)22-10-8-13(9-11-22)21-12-4-6-14(7-5-12)25-17(18,19)20;1-2-9(7-8-16)17-10-3-5-11(6-4-10)18-12(13,14)15;2*1-2/h4-7,13,21H,8-11H2,1-3H3;3-6,9,17H,2,7-8,16H2,1H3;1-2H3;1H3. The molecule has 15 heteroatoms. The fourth-order valence-corrected chi connectivity index (χ4v) is 5.17. The molecule has 6 nitrogen and oxygen atoms in total. The lowest BCUT2D eigenvalue weighted by atomic mass is 10.0. The highest BCUT2D eigenvalue weighted by molar-refractivity contribution is 8.00. The van der Waals surface area contributed by atoms with Gasteiger partial charge in [0.15, 0.2) is 0 Å². The first-order valence-corrected chi connectivity index (χ1v) is 17.7. The van der Waals surface area contributed by atoms with Crippen molar-refractivity contribution >= 4 is 52.6 Å². The van der Waals surface area contributed by atoms with Crippen LogP contribution in [0, 0.1) is 0 Å². The zero-order valence-electron chi connectivity index (χ0n) is 28.0. The second kappa shape index (κ2) is 22.5. The Balaban J connectivity index is 0.000000850. The Bertz CT molecular complexity index is 1110. The van der Waals surface area contributed by atoms with Crippen LogP contribution in [0.4, 0.5) is 42.5 Å². The number of anilines is 2. The third kappa shape index (κ3) is 21.4. The number of nitrogens with zero attached hydrogens (tertiary/aromatic N) is 1. The SMILES string of the molecule is CC.CC(C)(C)OC(=O)N1CCC(Nc2ccc(SC(F)(F)F)cc2)CC1.CCC(CCN)Nc1ccc(SC(F)(F)F)cc1.CCl. The molecule has 0 radical (unpaired) electrons. The highest BCUT2D eigenvalue weighted by Crippen LogP contribution is 2.38. The van der Waals surface area contributed by atoms with Crippen LogP contribution in [0.2, 0.25) is 0 Å². The number of nitrogens with two attached hydrogens (primary N) is 1. The summed E-state index contributed by atoms with van der Waals surface area (Å²) in [5.74, 6) is 0. The van der Waals surface area contributed by atoms with Gasteiger partial charge in [0.25, 0.3) is 0 Å². The topological polar surface area (TPSA) is 79.6 Å². The molecule has 1 aliphatic heterocycles. The number of carbonyl (C=O) groups is 1. The minimum Gasteiger partial charge on any atom is -0.444 e. The van der Waals surface area contributed by atoms with E-state index in [1.165, 1.54) is 30.6 Å². The second-order valence-electron chi connectivity index (χ2n) is 10.9. The van der Waals surface area contributed by atoms with Gasteiger partial charge in [0.1, 0.15) is 5.60 Å². The number of alkyl halides is 7. The lowest BCUT2D eigenvalue weighted by Crippen LogP contribution is -2.44. The Morgan fingerprint density at radius 3 is 1.68 bits per heavy atom. The molecule has 0 saturated carbocycles. The van der Waals surface area contributed by atoms with Crippen molar-refractivity contribution in [2.45, 2.75) is 106 Å². The number of benzene rings is 2. The molecule has 270 valence electrons.